The predicted molar refractivity (Wildman–Crippen MR) is 84.5 cm³/mol. The molecular weight excluding hydrogens is 296 g/mol. The molecule has 1 unspecified atom stereocenters. The molecule has 112 valence electrons. The maximum Gasteiger partial charge on any atom is 0.230 e. The van der Waals surface area contributed by atoms with Gasteiger partial charge < -0.3 is 10.2 Å². The van der Waals surface area contributed by atoms with E-state index in [4.69, 9.17) is 11.6 Å². The number of anilines is 1. The number of carbonyl (C=O) groups excluding carboxylic acids is 1. The maximum atomic E-state index is 11.8. The van der Waals surface area contributed by atoms with Gasteiger partial charge in [-0.15, -0.1) is 0 Å². The highest BCUT2D eigenvalue weighted by molar-refractivity contribution is 7.99. The Morgan fingerprint density at radius 3 is 2.60 bits per heavy atom. The molecule has 0 radical (unpaired) electrons. The van der Waals surface area contributed by atoms with E-state index in [1.165, 1.54) is 11.8 Å². The van der Waals surface area contributed by atoms with Crippen molar-refractivity contribution in [1.29, 1.82) is 0 Å². The first kappa shape index (κ1) is 17.0. The summed E-state index contributed by atoms with van der Waals surface area (Å²) in [5.41, 5.74) is 0. The topological polar surface area (TPSA) is 58.1 Å². The van der Waals surface area contributed by atoms with Crippen molar-refractivity contribution in [2.45, 2.75) is 32.0 Å². The highest BCUT2D eigenvalue weighted by Crippen LogP contribution is 2.20. The molecule has 1 rings (SSSR count). The first-order valence-corrected chi connectivity index (χ1v) is 7.80. The lowest BCUT2D eigenvalue weighted by Gasteiger charge is -2.17. The maximum absolute atomic E-state index is 11.8. The van der Waals surface area contributed by atoms with Crippen LogP contribution in [0.25, 0.3) is 0 Å². The van der Waals surface area contributed by atoms with Crippen molar-refractivity contribution in [3.63, 3.8) is 0 Å². The second-order valence-electron chi connectivity index (χ2n) is 5.11. The summed E-state index contributed by atoms with van der Waals surface area (Å²) in [6.45, 7) is 6.14. The van der Waals surface area contributed by atoms with Crippen LogP contribution in [-0.4, -0.2) is 41.8 Å². The number of hydrogen-bond donors (Lipinski definition) is 1. The van der Waals surface area contributed by atoms with Gasteiger partial charge in [-0.05, 0) is 12.8 Å². The molecule has 0 aliphatic carbocycles. The molecule has 1 aromatic heterocycles. The molecule has 7 heteroatoms. The summed E-state index contributed by atoms with van der Waals surface area (Å²) in [7, 11) is 3.76. The van der Waals surface area contributed by atoms with E-state index in [0.717, 1.165) is 5.82 Å². The van der Waals surface area contributed by atoms with Crippen molar-refractivity contribution in [2.75, 3.05) is 24.7 Å². The highest BCUT2D eigenvalue weighted by atomic mass is 35.5. The van der Waals surface area contributed by atoms with Gasteiger partial charge in [0.05, 0.1) is 5.75 Å². The summed E-state index contributed by atoms with van der Waals surface area (Å²) >= 11 is 7.23. The fourth-order valence-corrected chi connectivity index (χ4v) is 2.16. The van der Waals surface area contributed by atoms with Crippen molar-refractivity contribution >= 4 is 35.1 Å². The lowest BCUT2D eigenvalue weighted by atomic mass is 10.1. The molecule has 20 heavy (non-hydrogen) atoms. The van der Waals surface area contributed by atoms with Crippen molar-refractivity contribution in [3.05, 3.63) is 11.2 Å². The van der Waals surface area contributed by atoms with Gasteiger partial charge in [0.15, 0.2) is 5.16 Å². The third-order valence-corrected chi connectivity index (χ3v) is 3.88. The molecule has 0 saturated carbocycles. The van der Waals surface area contributed by atoms with E-state index < -0.39 is 0 Å². The largest absolute Gasteiger partial charge is 0.363 e. The van der Waals surface area contributed by atoms with Gasteiger partial charge in [-0.2, -0.15) is 0 Å². The monoisotopic (exact) mass is 316 g/mol. The minimum Gasteiger partial charge on any atom is -0.363 e. The molecule has 1 amide bonds. The molecule has 0 aliphatic heterocycles. The molecule has 0 fully saturated rings. The fraction of sp³-hybridized carbons (Fsp3) is 0.615. The molecule has 0 aromatic carbocycles. The van der Waals surface area contributed by atoms with Gasteiger partial charge in [0.2, 0.25) is 5.91 Å². The van der Waals surface area contributed by atoms with Crippen LogP contribution in [0.15, 0.2) is 11.2 Å². The van der Waals surface area contributed by atoms with Crippen LogP contribution in [-0.2, 0) is 4.79 Å². The number of nitrogens with zero attached hydrogens (tertiary/aromatic N) is 3. The van der Waals surface area contributed by atoms with Gasteiger partial charge >= 0.3 is 0 Å². The lowest BCUT2D eigenvalue weighted by molar-refractivity contribution is -0.119. The Morgan fingerprint density at radius 2 is 2.05 bits per heavy atom. The van der Waals surface area contributed by atoms with E-state index in [-0.39, 0.29) is 17.7 Å². The number of aromatic nitrogens is 2. The molecule has 1 N–H and O–H groups in total. The summed E-state index contributed by atoms with van der Waals surface area (Å²) in [6.07, 6.45) is 0. The Labute approximate surface area is 129 Å². The third kappa shape index (κ3) is 5.54. The van der Waals surface area contributed by atoms with Crippen molar-refractivity contribution in [1.82, 2.24) is 15.3 Å². The lowest BCUT2D eigenvalue weighted by Crippen LogP contribution is -2.37. The van der Waals surface area contributed by atoms with E-state index in [1.807, 2.05) is 25.9 Å². The van der Waals surface area contributed by atoms with Crippen molar-refractivity contribution in [3.8, 4) is 0 Å². The van der Waals surface area contributed by atoms with Crippen LogP contribution in [0.4, 0.5) is 5.82 Å². The zero-order valence-corrected chi connectivity index (χ0v) is 14.0. The van der Waals surface area contributed by atoms with Crippen molar-refractivity contribution in [2.24, 2.45) is 5.92 Å². The molecule has 1 aromatic rings. The van der Waals surface area contributed by atoms with Gasteiger partial charge in [0.1, 0.15) is 11.0 Å². The van der Waals surface area contributed by atoms with Crippen LogP contribution in [0.3, 0.4) is 0 Å². The summed E-state index contributed by atoms with van der Waals surface area (Å²) < 4.78 is 0. The SMILES string of the molecule is CC(C)C(C)NC(=O)CSc1nc(Cl)cc(N(C)C)n1. The zero-order valence-electron chi connectivity index (χ0n) is 12.5. The number of thioether (sulfide) groups is 1. The number of halogens is 1. The third-order valence-electron chi connectivity index (χ3n) is 2.84. The molecule has 1 atom stereocenters. The van der Waals surface area contributed by atoms with Crippen LogP contribution in [0.1, 0.15) is 20.8 Å². The quantitative estimate of drug-likeness (QED) is 0.496. The smallest absolute Gasteiger partial charge is 0.230 e. The van der Waals surface area contributed by atoms with Gasteiger partial charge in [0.25, 0.3) is 0 Å². The van der Waals surface area contributed by atoms with E-state index in [9.17, 15) is 4.79 Å². The van der Waals surface area contributed by atoms with Crippen molar-refractivity contribution < 1.29 is 4.79 Å². The summed E-state index contributed by atoms with van der Waals surface area (Å²) in [5, 5.41) is 3.83. The Kier molecular flexibility index (Phi) is 6.55. The van der Waals surface area contributed by atoms with Crippen LogP contribution in [0.2, 0.25) is 5.15 Å². The second-order valence-corrected chi connectivity index (χ2v) is 6.44. The number of amides is 1. The molecule has 1 heterocycles. The summed E-state index contributed by atoms with van der Waals surface area (Å²) in [5.74, 6) is 1.39. The molecule has 5 nitrogen and oxygen atoms in total. The first-order valence-electron chi connectivity index (χ1n) is 6.43. The second kappa shape index (κ2) is 7.69. The Morgan fingerprint density at radius 1 is 1.40 bits per heavy atom. The molecular formula is C13H21ClN4OS. The van der Waals surface area contributed by atoms with Crippen LogP contribution in [0, 0.1) is 5.92 Å². The minimum absolute atomic E-state index is 0.0221. The number of carbonyl (C=O) groups is 1. The molecule has 0 bridgehead atoms. The normalized spacial score (nSPS) is 12.3. The average molecular weight is 317 g/mol. The Balaban J connectivity index is 2.59. The molecule has 0 aliphatic rings. The first-order chi connectivity index (χ1) is 9.29. The minimum atomic E-state index is -0.0221. The van der Waals surface area contributed by atoms with E-state index in [2.05, 4.69) is 29.1 Å². The number of nitrogens with one attached hydrogen (secondary N) is 1. The number of rotatable bonds is 6. The van der Waals surface area contributed by atoms with E-state index in [1.54, 1.807) is 6.07 Å². The van der Waals surface area contributed by atoms with Crippen LogP contribution in [0.5, 0.6) is 0 Å². The van der Waals surface area contributed by atoms with Gasteiger partial charge in [-0.1, -0.05) is 37.2 Å². The Hall–Kier alpha value is -1.01. The van der Waals surface area contributed by atoms with Gasteiger partial charge in [0, 0.05) is 26.2 Å². The standard InChI is InChI=1S/C13H21ClN4OS/c1-8(2)9(3)15-12(19)7-20-13-16-10(14)6-11(17-13)18(4)5/h6,8-9H,7H2,1-5H3,(H,15,19). The number of hydrogen-bond acceptors (Lipinski definition) is 5. The van der Waals surface area contributed by atoms with Gasteiger partial charge in [-0.25, -0.2) is 9.97 Å². The summed E-state index contributed by atoms with van der Waals surface area (Å²) in [6, 6.07) is 1.84. The zero-order chi connectivity index (χ0) is 15.3. The van der Waals surface area contributed by atoms with Gasteiger partial charge in [-0.3, -0.25) is 4.79 Å². The average Bonchev–Trinajstić information content (AvgIpc) is 2.35. The van der Waals surface area contributed by atoms with Crippen LogP contribution < -0.4 is 10.2 Å². The Bertz CT molecular complexity index is 468. The summed E-state index contributed by atoms with van der Waals surface area (Å²) in [4.78, 5) is 22.1. The molecule has 0 spiro atoms. The highest BCUT2D eigenvalue weighted by Gasteiger charge is 2.12. The predicted octanol–water partition coefficient (Wildman–Crippen LogP) is 2.45. The van der Waals surface area contributed by atoms with E-state index >= 15 is 0 Å². The molecule has 0 saturated heterocycles. The fourth-order valence-electron chi connectivity index (χ4n) is 1.27. The van der Waals surface area contributed by atoms with Crippen LogP contribution >= 0.6 is 23.4 Å². The van der Waals surface area contributed by atoms with E-state index in [0.29, 0.717) is 16.2 Å².